The third kappa shape index (κ3) is 4.30. The molecule has 2 aliphatic heterocycles. The predicted octanol–water partition coefficient (Wildman–Crippen LogP) is 2.31. The first-order valence-electron chi connectivity index (χ1n) is 8.32. The fourth-order valence-corrected chi connectivity index (χ4v) is 4.49. The second-order valence-corrected chi connectivity index (χ2v) is 7.55. The highest BCUT2D eigenvalue weighted by molar-refractivity contribution is 7.07. The Balaban J connectivity index is 1.62. The zero-order chi connectivity index (χ0) is 15.3. The van der Waals surface area contributed by atoms with Crippen molar-refractivity contribution in [2.75, 3.05) is 59.7 Å². The smallest absolute Gasteiger partial charge is 0.0593 e. The van der Waals surface area contributed by atoms with Gasteiger partial charge < -0.3 is 9.47 Å². The average molecular weight is 324 g/mol. The molecule has 0 amide bonds. The Hall–Kier alpha value is -0.460. The fraction of sp³-hybridized carbons (Fsp3) is 0.765. The molecule has 3 rings (SSSR count). The maximum Gasteiger partial charge on any atom is 0.0593 e. The molecule has 1 aromatic rings. The lowest BCUT2D eigenvalue weighted by Crippen LogP contribution is -2.50. The predicted molar refractivity (Wildman–Crippen MR) is 90.4 cm³/mol. The van der Waals surface area contributed by atoms with E-state index in [2.05, 4.69) is 26.6 Å². The van der Waals surface area contributed by atoms with Crippen LogP contribution in [-0.2, 0) is 16.0 Å². The van der Waals surface area contributed by atoms with E-state index in [1.165, 1.54) is 24.9 Å². The number of piperidine rings is 1. The van der Waals surface area contributed by atoms with E-state index >= 15 is 0 Å². The van der Waals surface area contributed by atoms with Crippen LogP contribution in [0.15, 0.2) is 16.8 Å². The third-order valence-corrected chi connectivity index (χ3v) is 5.59. The van der Waals surface area contributed by atoms with Crippen molar-refractivity contribution in [3.63, 3.8) is 0 Å². The van der Waals surface area contributed by atoms with Crippen molar-refractivity contribution in [2.45, 2.75) is 19.4 Å². The van der Waals surface area contributed by atoms with Gasteiger partial charge in [-0.2, -0.15) is 11.3 Å². The van der Waals surface area contributed by atoms with Gasteiger partial charge in [0.05, 0.1) is 19.8 Å². The number of thiophene rings is 1. The minimum Gasteiger partial charge on any atom is -0.383 e. The molecule has 5 heteroatoms. The molecule has 3 heterocycles. The van der Waals surface area contributed by atoms with Gasteiger partial charge in [0, 0.05) is 45.2 Å². The van der Waals surface area contributed by atoms with Gasteiger partial charge in [0.15, 0.2) is 0 Å². The van der Waals surface area contributed by atoms with E-state index in [1.54, 1.807) is 18.4 Å². The minimum absolute atomic E-state index is 0.304. The summed E-state index contributed by atoms with van der Waals surface area (Å²) in [6, 6.07) is 2.25. The molecular weight excluding hydrogens is 296 g/mol. The van der Waals surface area contributed by atoms with Crippen molar-refractivity contribution >= 4 is 11.3 Å². The lowest BCUT2D eigenvalue weighted by molar-refractivity contribution is 0.00167. The van der Waals surface area contributed by atoms with Crippen LogP contribution in [0.4, 0.5) is 0 Å². The van der Waals surface area contributed by atoms with E-state index in [-0.39, 0.29) is 0 Å². The summed E-state index contributed by atoms with van der Waals surface area (Å²) < 4.78 is 11.2. The van der Waals surface area contributed by atoms with Gasteiger partial charge >= 0.3 is 0 Å². The molecule has 4 nitrogen and oxygen atoms in total. The summed E-state index contributed by atoms with van der Waals surface area (Å²) in [4.78, 5) is 5.15. The van der Waals surface area contributed by atoms with Gasteiger partial charge in [-0.3, -0.25) is 9.80 Å². The highest BCUT2D eigenvalue weighted by atomic mass is 32.1. The van der Waals surface area contributed by atoms with Gasteiger partial charge in [0.25, 0.3) is 0 Å². The molecule has 2 saturated heterocycles. The third-order valence-electron chi connectivity index (χ3n) is 4.86. The topological polar surface area (TPSA) is 24.9 Å². The first-order chi connectivity index (χ1) is 10.8. The van der Waals surface area contributed by atoms with Crippen LogP contribution in [0.1, 0.15) is 18.4 Å². The summed E-state index contributed by atoms with van der Waals surface area (Å²) in [5.41, 5.74) is 1.76. The SMILES string of the molecule is COCCN1CCOC[C@]2(CCCN(Cc3ccsc3)C2)C1. The van der Waals surface area contributed by atoms with Crippen molar-refractivity contribution in [1.82, 2.24) is 9.80 Å². The zero-order valence-corrected chi connectivity index (χ0v) is 14.4. The Kier molecular flexibility index (Phi) is 5.88. The van der Waals surface area contributed by atoms with E-state index in [9.17, 15) is 0 Å². The summed E-state index contributed by atoms with van der Waals surface area (Å²) in [7, 11) is 1.79. The van der Waals surface area contributed by atoms with Gasteiger partial charge in [-0.05, 0) is 41.8 Å². The molecule has 0 aromatic carbocycles. The Labute approximate surface area is 138 Å². The monoisotopic (exact) mass is 324 g/mol. The number of nitrogens with zero attached hydrogens (tertiary/aromatic N) is 2. The maximum absolute atomic E-state index is 5.97. The molecule has 1 aromatic heterocycles. The second kappa shape index (κ2) is 7.88. The van der Waals surface area contributed by atoms with E-state index in [0.717, 1.165) is 52.5 Å². The van der Waals surface area contributed by atoms with Gasteiger partial charge in [0.2, 0.25) is 0 Å². The molecule has 0 unspecified atom stereocenters. The number of ether oxygens (including phenoxy) is 2. The number of rotatable bonds is 5. The van der Waals surface area contributed by atoms with Gasteiger partial charge in [-0.1, -0.05) is 0 Å². The number of methoxy groups -OCH3 is 1. The standard InChI is InChI=1S/C17H28N2O2S/c1-20-8-6-18-7-9-21-15-17(13-18)4-2-5-19(14-17)11-16-3-10-22-12-16/h3,10,12H,2,4-9,11,13-15H2,1H3/t17-/m1/s1. The fourth-order valence-electron chi connectivity index (χ4n) is 3.83. The Morgan fingerprint density at radius 1 is 1.32 bits per heavy atom. The van der Waals surface area contributed by atoms with Crippen LogP contribution in [0.3, 0.4) is 0 Å². The van der Waals surface area contributed by atoms with Crippen LogP contribution in [0.25, 0.3) is 0 Å². The van der Waals surface area contributed by atoms with Crippen LogP contribution in [-0.4, -0.2) is 69.5 Å². The average Bonchev–Trinajstić information content (AvgIpc) is 2.94. The van der Waals surface area contributed by atoms with E-state index in [0.29, 0.717) is 5.41 Å². The summed E-state index contributed by atoms with van der Waals surface area (Å²) >= 11 is 1.79. The molecule has 22 heavy (non-hydrogen) atoms. The highest BCUT2D eigenvalue weighted by Gasteiger charge is 2.38. The van der Waals surface area contributed by atoms with Crippen LogP contribution in [0.2, 0.25) is 0 Å². The zero-order valence-electron chi connectivity index (χ0n) is 13.6. The molecular formula is C17H28N2O2S. The molecule has 0 radical (unpaired) electrons. The molecule has 0 bridgehead atoms. The first-order valence-corrected chi connectivity index (χ1v) is 9.26. The van der Waals surface area contributed by atoms with Crippen LogP contribution in [0.5, 0.6) is 0 Å². The van der Waals surface area contributed by atoms with E-state index < -0.39 is 0 Å². The summed E-state index contributed by atoms with van der Waals surface area (Å²) in [6.45, 7) is 9.25. The second-order valence-electron chi connectivity index (χ2n) is 6.77. The van der Waals surface area contributed by atoms with Crippen molar-refractivity contribution in [3.8, 4) is 0 Å². The lowest BCUT2D eigenvalue weighted by Gasteiger charge is -2.43. The van der Waals surface area contributed by atoms with Gasteiger partial charge in [-0.15, -0.1) is 0 Å². The van der Waals surface area contributed by atoms with Crippen LogP contribution >= 0.6 is 11.3 Å². The molecule has 2 fully saturated rings. The summed E-state index contributed by atoms with van der Waals surface area (Å²) in [6.07, 6.45) is 2.57. The number of hydrogen-bond donors (Lipinski definition) is 0. The molecule has 0 aliphatic carbocycles. The Bertz CT molecular complexity index is 440. The van der Waals surface area contributed by atoms with E-state index in [4.69, 9.17) is 9.47 Å². The van der Waals surface area contributed by atoms with Crippen molar-refractivity contribution in [3.05, 3.63) is 22.4 Å². The molecule has 1 atom stereocenters. The summed E-state index contributed by atoms with van der Waals surface area (Å²) in [5, 5.41) is 4.45. The Morgan fingerprint density at radius 3 is 3.05 bits per heavy atom. The van der Waals surface area contributed by atoms with Crippen LogP contribution in [0, 0.1) is 5.41 Å². The normalized spacial score (nSPS) is 28.0. The minimum atomic E-state index is 0.304. The van der Waals surface area contributed by atoms with Crippen molar-refractivity contribution in [1.29, 1.82) is 0 Å². The Morgan fingerprint density at radius 2 is 2.23 bits per heavy atom. The van der Waals surface area contributed by atoms with Crippen molar-refractivity contribution < 1.29 is 9.47 Å². The molecule has 1 spiro atoms. The van der Waals surface area contributed by atoms with E-state index in [1.807, 2.05) is 0 Å². The maximum atomic E-state index is 5.97. The molecule has 0 N–H and O–H groups in total. The number of hydrogen-bond acceptors (Lipinski definition) is 5. The lowest BCUT2D eigenvalue weighted by atomic mass is 9.80. The number of likely N-dealkylation sites (tertiary alicyclic amines) is 1. The summed E-state index contributed by atoms with van der Waals surface area (Å²) in [5.74, 6) is 0. The van der Waals surface area contributed by atoms with Gasteiger partial charge in [-0.25, -0.2) is 0 Å². The quantitative estimate of drug-likeness (QED) is 0.830. The van der Waals surface area contributed by atoms with Gasteiger partial charge in [0.1, 0.15) is 0 Å². The van der Waals surface area contributed by atoms with Crippen LogP contribution < -0.4 is 0 Å². The highest BCUT2D eigenvalue weighted by Crippen LogP contribution is 2.33. The van der Waals surface area contributed by atoms with Crippen molar-refractivity contribution in [2.24, 2.45) is 5.41 Å². The first kappa shape index (κ1) is 16.4. The largest absolute Gasteiger partial charge is 0.383 e. The molecule has 2 aliphatic rings. The molecule has 124 valence electrons. The molecule has 0 saturated carbocycles.